The zero-order valence-electron chi connectivity index (χ0n) is 14.4. The van der Waals surface area contributed by atoms with E-state index in [0.29, 0.717) is 18.1 Å². The Balaban J connectivity index is 1.51. The lowest BCUT2D eigenvalue weighted by Crippen LogP contribution is -2.50. The summed E-state index contributed by atoms with van der Waals surface area (Å²) < 4.78 is 12.0. The van der Waals surface area contributed by atoms with Crippen molar-refractivity contribution in [1.82, 2.24) is 14.8 Å². The van der Waals surface area contributed by atoms with Crippen LogP contribution in [0.25, 0.3) is 0 Å². The van der Waals surface area contributed by atoms with E-state index < -0.39 is 0 Å². The molecule has 0 amide bonds. The maximum Gasteiger partial charge on any atom is 0.0781 e. The number of aromatic nitrogens is 1. The zero-order chi connectivity index (χ0) is 16.1. The van der Waals surface area contributed by atoms with Crippen molar-refractivity contribution in [2.45, 2.75) is 31.5 Å². The Labute approximate surface area is 139 Å². The molecular weight excluding hydrogens is 290 g/mol. The summed E-state index contributed by atoms with van der Waals surface area (Å²) in [5.74, 6) is 0.544. The molecule has 1 aliphatic heterocycles. The molecule has 0 aromatic carbocycles. The van der Waals surface area contributed by atoms with Crippen molar-refractivity contribution in [2.75, 3.05) is 47.0 Å². The van der Waals surface area contributed by atoms with Crippen molar-refractivity contribution in [1.29, 1.82) is 0 Å². The first kappa shape index (κ1) is 16.8. The molecule has 0 radical (unpaired) electrons. The largest absolute Gasteiger partial charge is 0.380 e. The average molecular weight is 319 g/mol. The number of ether oxygens (including phenoxy) is 2. The van der Waals surface area contributed by atoms with Crippen LogP contribution in [-0.4, -0.2) is 73.9 Å². The van der Waals surface area contributed by atoms with Crippen molar-refractivity contribution < 1.29 is 9.47 Å². The van der Waals surface area contributed by atoms with E-state index in [0.717, 1.165) is 39.5 Å². The Bertz CT molecular complexity index is 469. The van der Waals surface area contributed by atoms with E-state index in [4.69, 9.17) is 9.47 Å². The van der Waals surface area contributed by atoms with Gasteiger partial charge in [-0.05, 0) is 44.6 Å². The molecule has 0 N–H and O–H groups in total. The number of hydrogen-bond acceptors (Lipinski definition) is 5. The Morgan fingerprint density at radius 3 is 2.91 bits per heavy atom. The fourth-order valence-electron chi connectivity index (χ4n) is 3.72. The third-order valence-corrected chi connectivity index (χ3v) is 4.98. The highest BCUT2D eigenvalue weighted by molar-refractivity contribution is 5.10. The van der Waals surface area contributed by atoms with Crippen LogP contribution in [0.5, 0.6) is 0 Å². The Morgan fingerprint density at radius 2 is 2.13 bits per heavy atom. The molecule has 1 aliphatic carbocycles. The SMILES string of the molecule is CN(C)CCOC[C@@H]1CC[C@@H]2[C@H]1OCCN2Cc1ccncc1. The minimum Gasteiger partial charge on any atom is -0.380 e. The number of morpholine rings is 1. The summed E-state index contributed by atoms with van der Waals surface area (Å²) in [6, 6.07) is 4.77. The molecule has 0 bridgehead atoms. The lowest BCUT2D eigenvalue weighted by atomic mass is 10.0. The minimum atomic E-state index is 0.338. The summed E-state index contributed by atoms with van der Waals surface area (Å²) in [6.45, 7) is 5.48. The van der Waals surface area contributed by atoms with Gasteiger partial charge in [0.1, 0.15) is 0 Å². The van der Waals surface area contributed by atoms with Crippen molar-refractivity contribution >= 4 is 0 Å². The second-order valence-corrected chi connectivity index (χ2v) is 6.94. The Morgan fingerprint density at radius 1 is 1.30 bits per heavy atom. The van der Waals surface area contributed by atoms with Gasteiger partial charge in [0.25, 0.3) is 0 Å². The lowest BCUT2D eigenvalue weighted by molar-refractivity contribution is -0.0883. The van der Waals surface area contributed by atoms with Crippen molar-refractivity contribution in [3.05, 3.63) is 30.1 Å². The van der Waals surface area contributed by atoms with E-state index in [1.54, 1.807) is 0 Å². The van der Waals surface area contributed by atoms with Crippen LogP contribution in [0.15, 0.2) is 24.5 Å². The fraction of sp³-hybridized carbons (Fsp3) is 0.722. The molecule has 3 atom stereocenters. The molecule has 1 saturated carbocycles. The third-order valence-electron chi connectivity index (χ3n) is 4.98. The average Bonchev–Trinajstić information content (AvgIpc) is 2.97. The standard InChI is InChI=1S/C18H29N3O2/c1-20(2)9-11-22-14-16-3-4-17-18(16)23-12-10-21(17)13-15-5-7-19-8-6-15/h5-8,16-18H,3-4,9-14H2,1-2H3/t16-,17+,18-/m0/s1. The number of likely N-dealkylation sites (N-methyl/N-ethyl adjacent to an activating group) is 1. The first-order chi connectivity index (χ1) is 11.2. The maximum absolute atomic E-state index is 6.12. The van der Waals surface area contributed by atoms with Crippen LogP contribution in [-0.2, 0) is 16.0 Å². The smallest absolute Gasteiger partial charge is 0.0781 e. The summed E-state index contributed by atoms with van der Waals surface area (Å²) in [6.07, 6.45) is 6.53. The zero-order valence-corrected chi connectivity index (χ0v) is 14.4. The van der Waals surface area contributed by atoms with Gasteiger partial charge in [-0.25, -0.2) is 0 Å². The molecule has 1 saturated heterocycles. The normalized spacial score (nSPS) is 28.2. The molecule has 23 heavy (non-hydrogen) atoms. The van der Waals surface area contributed by atoms with Crippen LogP contribution >= 0.6 is 0 Å². The van der Waals surface area contributed by atoms with E-state index in [-0.39, 0.29) is 0 Å². The monoisotopic (exact) mass is 319 g/mol. The van der Waals surface area contributed by atoms with E-state index in [9.17, 15) is 0 Å². The Kier molecular flexibility index (Phi) is 6.00. The maximum atomic E-state index is 6.12. The molecule has 5 nitrogen and oxygen atoms in total. The van der Waals surface area contributed by atoms with Gasteiger partial charge in [0, 0.05) is 44.0 Å². The van der Waals surface area contributed by atoms with Crippen molar-refractivity contribution in [2.24, 2.45) is 5.92 Å². The molecule has 0 spiro atoms. The highest BCUT2D eigenvalue weighted by atomic mass is 16.5. The van der Waals surface area contributed by atoms with Crippen LogP contribution in [0.1, 0.15) is 18.4 Å². The molecular formula is C18H29N3O2. The van der Waals surface area contributed by atoms with Crippen molar-refractivity contribution in [3.8, 4) is 0 Å². The highest BCUT2D eigenvalue weighted by Crippen LogP contribution is 2.35. The lowest BCUT2D eigenvalue weighted by Gasteiger charge is -2.39. The van der Waals surface area contributed by atoms with Gasteiger partial charge in [-0.2, -0.15) is 0 Å². The highest BCUT2D eigenvalue weighted by Gasteiger charge is 2.42. The van der Waals surface area contributed by atoms with Crippen LogP contribution in [0.3, 0.4) is 0 Å². The summed E-state index contributed by atoms with van der Waals surface area (Å²) in [5, 5.41) is 0. The molecule has 2 heterocycles. The minimum absolute atomic E-state index is 0.338. The van der Waals surface area contributed by atoms with Gasteiger partial charge in [0.2, 0.25) is 0 Å². The second-order valence-electron chi connectivity index (χ2n) is 6.94. The predicted octanol–water partition coefficient (Wildman–Crippen LogP) is 1.64. The molecule has 2 aliphatic rings. The van der Waals surface area contributed by atoms with Gasteiger partial charge >= 0.3 is 0 Å². The van der Waals surface area contributed by atoms with E-state index in [2.05, 4.69) is 41.0 Å². The molecule has 2 fully saturated rings. The van der Waals surface area contributed by atoms with Crippen LogP contribution in [0.4, 0.5) is 0 Å². The van der Waals surface area contributed by atoms with E-state index >= 15 is 0 Å². The first-order valence-corrected chi connectivity index (χ1v) is 8.71. The first-order valence-electron chi connectivity index (χ1n) is 8.71. The predicted molar refractivity (Wildman–Crippen MR) is 90.3 cm³/mol. The van der Waals surface area contributed by atoms with Gasteiger partial charge in [-0.15, -0.1) is 0 Å². The summed E-state index contributed by atoms with van der Waals surface area (Å²) >= 11 is 0. The molecule has 3 rings (SSSR count). The molecule has 5 heteroatoms. The summed E-state index contributed by atoms with van der Waals surface area (Å²) in [7, 11) is 4.16. The number of pyridine rings is 1. The molecule has 1 aromatic heterocycles. The number of nitrogens with zero attached hydrogens (tertiary/aromatic N) is 3. The van der Waals surface area contributed by atoms with Gasteiger partial charge in [0.15, 0.2) is 0 Å². The molecule has 0 unspecified atom stereocenters. The van der Waals surface area contributed by atoms with E-state index in [1.165, 1.54) is 18.4 Å². The fourth-order valence-corrected chi connectivity index (χ4v) is 3.72. The van der Waals surface area contributed by atoms with Gasteiger partial charge in [-0.3, -0.25) is 9.88 Å². The molecule has 128 valence electrons. The Hall–Kier alpha value is -1.01. The van der Waals surface area contributed by atoms with Crippen LogP contribution in [0, 0.1) is 5.92 Å². The van der Waals surface area contributed by atoms with Crippen molar-refractivity contribution in [3.63, 3.8) is 0 Å². The molecule has 1 aromatic rings. The van der Waals surface area contributed by atoms with E-state index in [1.807, 2.05) is 12.4 Å². The second kappa shape index (κ2) is 8.20. The third kappa shape index (κ3) is 4.51. The van der Waals surface area contributed by atoms with Gasteiger partial charge in [0.05, 0.1) is 25.9 Å². The van der Waals surface area contributed by atoms with Gasteiger partial charge in [-0.1, -0.05) is 0 Å². The number of rotatable bonds is 7. The number of hydrogen-bond donors (Lipinski definition) is 0. The number of fused-ring (bicyclic) bond motifs is 1. The summed E-state index contributed by atoms with van der Waals surface area (Å²) in [4.78, 5) is 8.85. The van der Waals surface area contributed by atoms with Crippen LogP contribution in [0.2, 0.25) is 0 Å². The summed E-state index contributed by atoms with van der Waals surface area (Å²) in [5.41, 5.74) is 1.34. The van der Waals surface area contributed by atoms with Gasteiger partial charge < -0.3 is 14.4 Å². The topological polar surface area (TPSA) is 37.8 Å². The van der Waals surface area contributed by atoms with Crippen LogP contribution < -0.4 is 0 Å². The quantitative estimate of drug-likeness (QED) is 0.714.